The predicted molar refractivity (Wildman–Crippen MR) is 114 cm³/mol. The molecule has 8 nitrogen and oxygen atoms in total. The maximum Gasteiger partial charge on any atom is 0.405 e. The van der Waals surface area contributed by atoms with Crippen LogP contribution in [0.3, 0.4) is 0 Å². The molecule has 0 aliphatic rings. The summed E-state index contributed by atoms with van der Waals surface area (Å²) in [6.45, 7) is 2.76. The van der Waals surface area contributed by atoms with Crippen LogP contribution in [-0.4, -0.2) is 43.4 Å². The Bertz CT molecular complexity index is 1260. The van der Waals surface area contributed by atoms with E-state index in [4.69, 9.17) is 0 Å². The van der Waals surface area contributed by atoms with Crippen LogP contribution in [0.1, 0.15) is 30.2 Å². The molecular formula is C21H20F3N7O. The molecule has 32 heavy (non-hydrogen) atoms. The molecule has 4 aromatic heterocycles. The van der Waals surface area contributed by atoms with Gasteiger partial charge in [-0.3, -0.25) is 9.48 Å². The molecule has 4 rings (SSSR count). The van der Waals surface area contributed by atoms with E-state index in [9.17, 15) is 18.0 Å². The maximum absolute atomic E-state index is 12.5. The van der Waals surface area contributed by atoms with E-state index in [-0.39, 0.29) is 17.8 Å². The van der Waals surface area contributed by atoms with E-state index in [1.165, 1.54) is 18.5 Å². The van der Waals surface area contributed by atoms with Crippen molar-refractivity contribution in [2.45, 2.75) is 26.1 Å². The number of aromatic nitrogens is 5. The fourth-order valence-electron chi connectivity index (χ4n) is 3.06. The highest BCUT2D eigenvalue weighted by molar-refractivity contribution is 6.04. The first kappa shape index (κ1) is 21.3. The number of halogens is 3. The third-order valence-electron chi connectivity index (χ3n) is 4.68. The summed E-state index contributed by atoms with van der Waals surface area (Å²) in [6.07, 6.45) is 1.86. The lowest BCUT2D eigenvalue weighted by Crippen LogP contribution is -2.21. The molecule has 0 atom stereocenters. The Morgan fingerprint density at radius 1 is 1.16 bits per heavy atom. The van der Waals surface area contributed by atoms with Gasteiger partial charge in [0.1, 0.15) is 18.2 Å². The molecule has 0 radical (unpaired) electrons. The van der Waals surface area contributed by atoms with Crippen molar-refractivity contribution < 1.29 is 18.0 Å². The average Bonchev–Trinajstić information content (AvgIpc) is 3.39. The molecule has 166 valence electrons. The lowest BCUT2D eigenvalue weighted by molar-refractivity contribution is -0.115. The summed E-state index contributed by atoms with van der Waals surface area (Å²) in [4.78, 5) is 23.9. The number of amides is 1. The van der Waals surface area contributed by atoms with Crippen molar-refractivity contribution in [2.24, 2.45) is 0 Å². The van der Waals surface area contributed by atoms with Crippen LogP contribution in [0.2, 0.25) is 0 Å². The van der Waals surface area contributed by atoms with Gasteiger partial charge in [-0.2, -0.15) is 18.3 Å². The first-order valence-electron chi connectivity index (χ1n) is 9.79. The van der Waals surface area contributed by atoms with Crippen LogP contribution >= 0.6 is 0 Å². The van der Waals surface area contributed by atoms with Crippen molar-refractivity contribution >= 4 is 28.4 Å². The Kier molecular flexibility index (Phi) is 5.56. The molecule has 4 heterocycles. The molecule has 11 heteroatoms. The van der Waals surface area contributed by atoms with E-state index in [0.29, 0.717) is 28.2 Å². The van der Waals surface area contributed by atoms with Crippen LogP contribution in [-0.2, 0) is 0 Å². The minimum atomic E-state index is -4.33. The van der Waals surface area contributed by atoms with Crippen molar-refractivity contribution in [3.63, 3.8) is 0 Å². The zero-order valence-corrected chi connectivity index (χ0v) is 17.2. The molecule has 0 saturated carbocycles. The van der Waals surface area contributed by atoms with Crippen LogP contribution in [0.4, 0.5) is 24.8 Å². The molecule has 0 fully saturated rings. The maximum atomic E-state index is 12.5. The quantitative estimate of drug-likeness (QED) is 0.404. The summed E-state index contributed by atoms with van der Waals surface area (Å²) in [5, 5.41) is 9.95. The number of anilines is 2. The number of nitrogens with zero attached hydrogens (tertiary/aromatic N) is 4. The highest BCUT2D eigenvalue weighted by Gasteiger charge is 2.26. The predicted octanol–water partition coefficient (Wildman–Crippen LogP) is 4.63. The van der Waals surface area contributed by atoms with Gasteiger partial charge >= 0.3 is 6.18 Å². The number of hydrogen-bond donors (Lipinski definition) is 3. The highest BCUT2D eigenvalue weighted by atomic mass is 19.4. The summed E-state index contributed by atoms with van der Waals surface area (Å²) in [5.41, 5.74) is 2.47. The number of H-pyrrole nitrogens is 1. The fraction of sp³-hybridized carbons (Fsp3) is 0.238. The number of carbonyl (C=O) groups excluding carboxylic acids is 1. The SMILES string of the molecule is CC(C)n1cc(C(=O)Nc2cc3[nH]c(-c4ccnc(NCC(F)(F)F)c4)cc3cn2)cn1. The Hall–Kier alpha value is -3.89. The zero-order chi connectivity index (χ0) is 22.9. The number of nitrogens with one attached hydrogen (secondary N) is 3. The highest BCUT2D eigenvalue weighted by Crippen LogP contribution is 2.26. The molecule has 3 N–H and O–H groups in total. The van der Waals surface area contributed by atoms with E-state index in [1.807, 2.05) is 19.9 Å². The molecule has 0 unspecified atom stereocenters. The number of aromatic amines is 1. The molecule has 0 aliphatic heterocycles. The van der Waals surface area contributed by atoms with Crippen LogP contribution in [0.15, 0.2) is 49.1 Å². The van der Waals surface area contributed by atoms with E-state index >= 15 is 0 Å². The smallest absolute Gasteiger partial charge is 0.361 e. The molecule has 0 saturated heterocycles. The van der Waals surface area contributed by atoms with Gasteiger partial charge in [0.05, 0.1) is 17.3 Å². The van der Waals surface area contributed by atoms with Crippen LogP contribution < -0.4 is 10.6 Å². The van der Waals surface area contributed by atoms with Crippen LogP contribution in [0.25, 0.3) is 22.2 Å². The van der Waals surface area contributed by atoms with Crippen molar-refractivity contribution in [1.82, 2.24) is 24.7 Å². The van der Waals surface area contributed by atoms with Crippen LogP contribution in [0.5, 0.6) is 0 Å². The molecule has 1 amide bonds. The van der Waals surface area contributed by atoms with Crippen LogP contribution in [0, 0.1) is 0 Å². The summed E-state index contributed by atoms with van der Waals surface area (Å²) >= 11 is 0. The lowest BCUT2D eigenvalue weighted by Gasteiger charge is -2.09. The topological polar surface area (TPSA) is 101 Å². The second kappa shape index (κ2) is 8.33. The monoisotopic (exact) mass is 443 g/mol. The number of rotatable bonds is 6. The standard InChI is InChI=1S/C21H20F3N7O/c1-12(2)31-10-15(9-28-31)20(32)30-19-7-17-14(8-26-19)5-16(29-17)13-3-4-25-18(6-13)27-11-21(22,23)24/h3-10,12,29H,11H2,1-2H3,(H,25,27)(H,26,30,32). The van der Waals surface area contributed by atoms with Gasteiger partial charge in [0.15, 0.2) is 0 Å². The van der Waals surface area contributed by atoms with Gasteiger partial charge < -0.3 is 15.6 Å². The average molecular weight is 443 g/mol. The Morgan fingerprint density at radius 2 is 1.97 bits per heavy atom. The summed E-state index contributed by atoms with van der Waals surface area (Å²) in [6, 6.07) is 6.86. The summed E-state index contributed by atoms with van der Waals surface area (Å²) < 4.78 is 39.0. The largest absolute Gasteiger partial charge is 0.405 e. The van der Waals surface area contributed by atoms with E-state index in [2.05, 4.69) is 30.7 Å². The van der Waals surface area contributed by atoms with Gasteiger partial charge in [-0.15, -0.1) is 0 Å². The molecule has 0 aliphatic carbocycles. The van der Waals surface area contributed by atoms with Crippen molar-refractivity contribution in [2.75, 3.05) is 17.2 Å². The molecular weight excluding hydrogens is 423 g/mol. The number of pyridine rings is 2. The lowest BCUT2D eigenvalue weighted by atomic mass is 10.2. The van der Waals surface area contributed by atoms with Gasteiger partial charge in [-0.25, -0.2) is 9.97 Å². The fourth-order valence-corrected chi connectivity index (χ4v) is 3.06. The number of fused-ring (bicyclic) bond motifs is 1. The molecule has 0 spiro atoms. The number of carbonyl (C=O) groups is 1. The van der Waals surface area contributed by atoms with E-state index < -0.39 is 12.7 Å². The molecule has 4 aromatic rings. The molecule has 0 aromatic carbocycles. The van der Waals surface area contributed by atoms with E-state index in [0.717, 1.165) is 5.39 Å². The number of hydrogen-bond acceptors (Lipinski definition) is 5. The third-order valence-corrected chi connectivity index (χ3v) is 4.68. The van der Waals surface area contributed by atoms with Gasteiger partial charge in [0.2, 0.25) is 0 Å². The third kappa shape index (κ3) is 4.88. The van der Waals surface area contributed by atoms with Gasteiger partial charge in [-0.05, 0) is 32.0 Å². The first-order valence-corrected chi connectivity index (χ1v) is 9.79. The second-order valence-corrected chi connectivity index (χ2v) is 7.50. The first-order chi connectivity index (χ1) is 15.2. The summed E-state index contributed by atoms with van der Waals surface area (Å²) in [7, 11) is 0. The Labute approximate surface area is 180 Å². The van der Waals surface area contributed by atoms with Crippen molar-refractivity contribution in [3.8, 4) is 11.3 Å². The normalized spacial score (nSPS) is 11.8. The number of alkyl halides is 3. The van der Waals surface area contributed by atoms with Crippen molar-refractivity contribution in [1.29, 1.82) is 0 Å². The van der Waals surface area contributed by atoms with Gasteiger partial charge in [0, 0.05) is 47.3 Å². The Morgan fingerprint density at radius 3 is 2.69 bits per heavy atom. The van der Waals surface area contributed by atoms with Crippen molar-refractivity contribution in [3.05, 3.63) is 54.6 Å². The minimum absolute atomic E-state index is 0.117. The minimum Gasteiger partial charge on any atom is -0.361 e. The van der Waals surface area contributed by atoms with Gasteiger partial charge in [0.25, 0.3) is 5.91 Å². The zero-order valence-electron chi connectivity index (χ0n) is 17.2. The Balaban J connectivity index is 1.52. The van der Waals surface area contributed by atoms with E-state index in [1.54, 1.807) is 29.2 Å². The molecule has 0 bridgehead atoms. The summed E-state index contributed by atoms with van der Waals surface area (Å²) in [5.74, 6) is 0.145. The van der Waals surface area contributed by atoms with Gasteiger partial charge in [-0.1, -0.05) is 0 Å². The second-order valence-electron chi connectivity index (χ2n) is 7.50.